The van der Waals surface area contributed by atoms with Crippen molar-refractivity contribution in [1.29, 1.82) is 5.26 Å². The van der Waals surface area contributed by atoms with Gasteiger partial charge in [-0.3, -0.25) is 4.79 Å². The van der Waals surface area contributed by atoms with Crippen molar-refractivity contribution in [2.75, 3.05) is 26.1 Å². The maximum absolute atomic E-state index is 12.9. The van der Waals surface area contributed by atoms with Crippen LogP contribution in [0.3, 0.4) is 0 Å². The molecule has 0 aliphatic rings. The molecule has 0 unspecified atom stereocenters. The van der Waals surface area contributed by atoms with Gasteiger partial charge in [-0.25, -0.2) is 4.39 Å². The third kappa shape index (κ3) is 5.75. The smallest absolute Gasteiger partial charge is 0.267 e. The first-order chi connectivity index (χ1) is 13.1. The quantitative estimate of drug-likeness (QED) is 0.425. The summed E-state index contributed by atoms with van der Waals surface area (Å²) >= 11 is 0. The average molecular weight is 369 g/mol. The highest BCUT2D eigenvalue weighted by Crippen LogP contribution is 2.27. The zero-order valence-electron chi connectivity index (χ0n) is 15.1. The van der Waals surface area contributed by atoms with E-state index in [4.69, 9.17) is 14.7 Å². The van der Waals surface area contributed by atoms with E-state index in [1.165, 1.54) is 30.5 Å². The molecular formula is C20H20FN3O3. The Labute approximate surface area is 157 Å². The summed E-state index contributed by atoms with van der Waals surface area (Å²) in [5.74, 6) is 0.323. The second kappa shape index (κ2) is 9.82. The lowest BCUT2D eigenvalue weighted by Crippen LogP contribution is -2.18. The van der Waals surface area contributed by atoms with Crippen LogP contribution in [-0.4, -0.2) is 26.7 Å². The zero-order valence-corrected chi connectivity index (χ0v) is 15.1. The number of ether oxygens (including phenoxy) is 2. The van der Waals surface area contributed by atoms with E-state index in [1.807, 2.05) is 24.3 Å². The fourth-order valence-electron chi connectivity index (χ4n) is 2.31. The van der Waals surface area contributed by atoms with Crippen LogP contribution in [0.1, 0.15) is 5.56 Å². The van der Waals surface area contributed by atoms with Gasteiger partial charge in [0.15, 0.2) is 11.5 Å². The summed E-state index contributed by atoms with van der Waals surface area (Å²) < 4.78 is 23.3. The third-order valence-corrected chi connectivity index (χ3v) is 3.72. The summed E-state index contributed by atoms with van der Waals surface area (Å²) in [4.78, 5) is 12.1. The molecule has 0 aromatic heterocycles. The first-order valence-corrected chi connectivity index (χ1v) is 8.19. The lowest BCUT2D eigenvalue weighted by atomic mass is 10.1. The number of methoxy groups -OCH3 is 2. The molecule has 0 radical (unpaired) electrons. The SMILES string of the molecule is COc1ccc(CCN/C=C(/C#N)C(=O)Nc2ccc(F)cc2)cc1OC. The molecule has 0 aliphatic heterocycles. The van der Waals surface area contributed by atoms with Crippen LogP contribution >= 0.6 is 0 Å². The number of hydrogen-bond donors (Lipinski definition) is 2. The van der Waals surface area contributed by atoms with E-state index in [2.05, 4.69) is 10.6 Å². The number of anilines is 1. The molecule has 1 amide bonds. The van der Waals surface area contributed by atoms with Gasteiger partial charge in [0.2, 0.25) is 0 Å². The van der Waals surface area contributed by atoms with Gasteiger partial charge in [0.1, 0.15) is 17.5 Å². The van der Waals surface area contributed by atoms with Gasteiger partial charge in [-0.15, -0.1) is 0 Å². The highest BCUT2D eigenvalue weighted by Gasteiger charge is 2.09. The summed E-state index contributed by atoms with van der Waals surface area (Å²) in [5.41, 5.74) is 1.35. The van der Waals surface area contributed by atoms with Crippen LogP contribution in [0.5, 0.6) is 11.5 Å². The Hall–Kier alpha value is -3.53. The number of nitrogens with one attached hydrogen (secondary N) is 2. The second-order valence-corrected chi connectivity index (χ2v) is 5.52. The van der Waals surface area contributed by atoms with Crippen LogP contribution < -0.4 is 20.1 Å². The van der Waals surface area contributed by atoms with Crippen LogP contribution in [-0.2, 0) is 11.2 Å². The van der Waals surface area contributed by atoms with Crippen LogP contribution in [0, 0.1) is 17.1 Å². The molecule has 0 heterocycles. The molecule has 2 aromatic rings. The average Bonchev–Trinajstić information content (AvgIpc) is 2.69. The monoisotopic (exact) mass is 369 g/mol. The van der Waals surface area contributed by atoms with E-state index >= 15 is 0 Å². The maximum Gasteiger partial charge on any atom is 0.267 e. The lowest BCUT2D eigenvalue weighted by Gasteiger charge is -2.09. The fourth-order valence-corrected chi connectivity index (χ4v) is 2.31. The summed E-state index contributed by atoms with van der Waals surface area (Å²) in [6.45, 7) is 0.518. The number of benzene rings is 2. The Bertz CT molecular complexity index is 858. The predicted octanol–water partition coefficient (Wildman–Crippen LogP) is 3.02. The third-order valence-electron chi connectivity index (χ3n) is 3.72. The minimum Gasteiger partial charge on any atom is -0.493 e. The minimum atomic E-state index is -0.567. The zero-order chi connectivity index (χ0) is 19.6. The molecule has 2 N–H and O–H groups in total. The number of halogens is 1. The van der Waals surface area contributed by atoms with E-state index < -0.39 is 11.7 Å². The number of hydrogen-bond acceptors (Lipinski definition) is 5. The van der Waals surface area contributed by atoms with Crippen molar-refractivity contribution in [2.24, 2.45) is 0 Å². The van der Waals surface area contributed by atoms with Crippen LogP contribution in [0.2, 0.25) is 0 Å². The Balaban J connectivity index is 1.90. The van der Waals surface area contributed by atoms with Crippen LogP contribution in [0.15, 0.2) is 54.2 Å². The first-order valence-electron chi connectivity index (χ1n) is 8.19. The van der Waals surface area contributed by atoms with Crippen molar-refractivity contribution in [3.8, 4) is 17.6 Å². The maximum atomic E-state index is 12.9. The number of carbonyl (C=O) groups excluding carboxylic acids is 1. The fraction of sp³-hybridized carbons (Fsp3) is 0.200. The molecule has 27 heavy (non-hydrogen) atoms. The molecule has 0 bridgehead atoms. The standard InChI is InChI=1S/C20H20FN3O3/c1-26-18-8-3-14(11-19(18)27-2)9-10-23-13-15(12-22)20(25)24-17-6-4-16(21)5-7-17/h3-8,11,13,23H,9-10H2,1-2H3,(H,24,25)/b15-13-. The van der Waals surface area contributed by atoms with Gasteiger partial charge in [0, 0.05) is 18.4 Å². The van der Waals surface area contributed by atoms with Gasteiger partial charge in [0.25, 0.3) is 5.91 Å². The molecule has 0 saturated carbocycles. The number of rotatable bonds is 8. The van der Waals surface area contributed by atoms with Crippen molar-refractivity contribution in [3.63, 3.8) is 0 Å². The Morgan fingerprint density at radius 3 is 2.48 bits per heavy atom. The number of carbonyl (C=O) groups is 1. The first kappa shape index (κ1) is 19.8. The molecule has 0 spiro atoms. The van der Waals surface area contributed by atoms with Gasteiger partial charge >= 0.3 is 0 Å². The molecule has 0 fully saturated rings. The topological polar surface area (TPSA) is 83.4 Å². The molecule has 140 valence electrons. The second-order valence-electron chi connectivity index (χ2n) is 5.52. The van der Waals surface area contributed by atoms with Crippen molar-refractivity contribution >= 4 is 11.6 Å². The van der Waals surface area contributed by atoms with Crippen molar-refractivity contribution in [1.82, 2.24) is 5.32 Å². The van der Waals surface area contributed by atoms with Crippen molar-refractivity contribution in [2.45, 2.75) is 6.42 Å². The largest absolute Gasteiger partial charge is 0.493 e. The normalized spacial score (nSPS) is 10.7. The van der Waals surface area contributed by atoms with Gasteiger partial charge in [-0.1, -0.05) is 6.07 Å². The molecular weight excluding hydrogens is 349 g/mol. The lowest BCUT2D eigenvalue weighted by molar-refractivity contribution is -0.112. The van der Waals surface area contributed by atoms with E-state index in [9.17, 15) is 9.18 Å². The molecule has 7 heteroatoms. The van der Waals surface area contributed by atoms with Gasteiger partial charge in [0.05, 0.1) is 14.2 Å². The number of nitrogens with zero attached hydrogens (tertiary/aromatic N) is 1. The minimum absolute atomic E-state index is 0.0772. The molecule has 2 aromatic carbocycles. The van der Waals surface area contributed by atoms with Gasteiger partial charge in [-0.05, 0) is 48.4 Å². The Morgan fingerprint density at radius 1 is 1.15 bits per heavy atom. The molecule has 2 rings (SSSR count). The Kier molecular flexibility index (Phi) is 7.20. The summed E-state index contributed by atoms with van der Waals surface area (Å²) in [7, 11) is 3.14. The molecule has 6 nitrogen and oxygen atoms in total. The highest BCUT2D eigenvalue weighted by atomic mass is 19.1. The van der Waals surface area contributed by atoms with Crippen LogP contribution in [0.25, 0.3) is 0 Å². The summed E-state index contributed by atoms with van der Waals surface area (Å²) in [5, 5.41) is 14.6. The number of amides is 1. The molecule has 0 aliphatic carbocycles. The van der Waals surface area contributed by atoms with Crippen molar-refractivity contribution in [3.05, 3.63) is 65.6 Å². The molecule has 0 atom stereocenters. The summed E-state index contributed by atoms with van der Waals surface area (Å²) in [6.07, 6.45) is 2.02. The predicted molar refractivity (Wildman–Crippen MR) is 100.0 cm³/mol. The van der Waals surface area contributed by atoms with Crippen molar-refractivity contribution < 1.29 is 18.7 Å². The van der Waals surface area contributed by atoms with Gasteiger partial charge < -0.3 is 20.1 Å². The summed E-state index contributed by atoms with van der Waals surface area (Å²) in [6, 6.07) is 12.8. The van der Waals surface area contributed by atoms with E-state index in [-0.39, 0.29) is 5.57 Å². The Morgan fingerprint density at radius 2 is 1.85 bits per heavy atom. The van der Waals surface area contributed by atoms with E-state index in [0.29, 0.717) is 30.2 Å². The number of nitriles is 1. The van der Waals surface area contributed by atoms with E-state index in [0.717, 1.165) is 5.56 Å². The van der Waals surface area contributed by atoms with E-state index in [1.54, 1.807) is 14.2 Å². The molecule has 0 saturated heterocycles. The highest BCUT2D eigenvalue weighted by molar-refractivity contribution is 6.06. The van der Waals surface area contributed by atoms with Crippen LogP contribution in [0.4, 0.5) is 10.1 Å². The van der Waals surface area contributed by atoms with Gasteiger partial charge in [-0.2, -0.15) is 5.26 Å².